The summed E-state index contributed by atoms with van der Waals surface area (Å²) in [6, 6.07) is 17.5. The van der Waals surface area contributed by atoms with E-state index >= 15 is 0 Å². The van der Waals surface area contributed by atoms with Gasteiger partial charge in [-0.3, -0.25) is 14.6 Å². The summed E-state index contributed by atoms with van der Waals surface area (Å²) in [5.74, 6) is -0.483. The van der Waals surface area contributed by atoms with Crippen LogP contribution in [0, 0.1) is 12.8 Å². The number of aryl methyl sites for hydroxylation is 1. The fraction of sp³-hybridized carbons (Fsp3) is 0.250. The number of ketones is 1. The molecule has 0 unspecified atom stereocenters. The molecule has 34 heavy (non-hydrogen) atoms. The van der Waals surface area contributed by atoms with Crippen LogP contribution in [0.25, 0.3) is 5.76 Å². The second-order valence-corrected chi connectivity index (χ2v) is 8.93. The fourth-order valence-electron chi connectivity index (χ4n) is 3.95. The minimum atomic E-state index is -0.710. The molecule has 6 nitrogen and oxygen atoms in total. The first-order chi connectivity index (χ1) is 16.3. The number of rotatable bonds is 7. The lowest BCUT2D eigenvalue weighted by Gasteiger charge is -2.25. The van der Waals surface area contributed by atoms with Crippen molar-refractivity contribution in [2.24, 2.45) is 5.92 Å². The number of aromatic nitrogens is 1. The molecule has 1 atom stereocenters. The van der Waals surface area contributed by atoms with E-state index in [9.17, 15) is 14.7 Å². The molecule has 2 heterocycles. The van der Waals surface area contributed by atoms with Gasteiger partial charge in [0.1, 0.15) is 11.5 Å². The Balaban J connectivity index is 1.75. The molecule has 1 fully saturated rings. The van der Waals surface area contributed by atoms with Gasteiger partial charge < -0.3 is 14.7 Å². The third-order valence-corrected chi connectivity index (χ3v) is 5.72. The summed E-state index contributed by atoms with van der Waals surface area (Å²) >= 11 is 0. The number of hydrogen-bond donors (Lipinski definition) is 1. The van der Waals surface area contributed by atoms with Crippen molar-refractivity contribution >= 4 is 17.4 Å². The summed E-state index contributed by atoms with van der Waals surface area (Å²) in [6.45, 7) is 6.89. The van der Waals surface area contributed by atoms with Crippen molar-refractivity contribution in [1.82, 2.24) is 9.88 Å². The summed E-state index contributed by atoms with van der Waals surface area (Å²) < 4.78 is 5.72. The Morgan fingerprint density at radius 1 is 1.06 bits per heavy atom. The number of aliphatic hydroxyl groups excluding tert-OH is 1. The second-order valence-electron chi connectivity index (χ2n) is 8.93. The predicted octanol–water partition coefficient (Wildman–Crippen LogP) is 5.05. The summed E-state index contributed by atoms with van der Waals surface area (Å²) in [4.78, 5) is 31.9. The second kappa shape index (κ2) is 9.91. The lowest BCUT2D eigenvalue weighted by atomic mass is 9.94. The molecule has 174 valence electrons. The van der Waals surface area contributed by atoms with Crippen LogP contribution in [0.15, 0.2) is 78.6 Å². The van der Waals surface area contributed by atoms with Gasteiger partial charge in [0.15, 0.2) is 0 Å². The van der Waals surface area contributed by atoms with E-state index in [1.54, 1.807) is 42.7 Å². The number of carbonyl (C=O) groups is 2. The molecule has 4 rings (SSSR count). The summed E-state index contributed by atoms with van der Waals surface area (Å²) in [7, 11) is 0. The van der Waals surface area contributed by atoms with Gasteiger partial charge in [-0.2, -0.15) is 0 Å². The number of pyridine rings is 1. The quantitative estimate of drug-likeness (QED) is 0.306. The Morgan fingerprint density at radius 3 is 2.38 bits per heavy atom. The van der Waals surface area contributed by atoms with Crippen molar-refractivity contribution in [2.45, 2.75) is 33.4 Å². The van der Waals surface area contributed by atoms with Gasteiger partial charge in [-0.25, -0.2) is 0 Å². The molecule has 1 aromatic heterocycles. The van der Waals surface area contributed by atoms with Gasteiger partial charge in [0.2, 0.25) is 0 Å². The average molecular weight is 457 g/mol. The molecule has 1 saturated heterocycles. The molecule has 1 amide bonds. The zero-order valence-corrected chi connectivity index (χ0v) is 19.6. The number of likely N-dealkylation sites (tertiary alicyclic amines) is 1. The highest BCUT2D eigenvalue weighted by molar-refractivity contribution is 6.46. The molecule has 1 N–H and O–H groups in total. The maximum atomic E-state index is 13.2. The van der Waals surface area contributed by atoms with Gasteiger partial charge in [-0.05, 0) is 54.3 Å². The number of carbonyl (C=O) groups excluding carboxylic acids is 2. The van der Waals surface area contributed by atoms with Gasteiger partial charge in [0.05, 0.1) is 18.2 Å². The van der Waals surface area contributed by atoms with Crippen LogP contribution in [0.3, 0.4) is 0 Å². The van der Waals surface area contributed by atoms with Gasteiger partial charge in [-0.15, -0.1) is 0 Å². The molecule has 3 aromatic rings. The number of ether oxygens (including phenoxy) is 1. The Hall–Kier alpha value is -3.93. The van der Waals surface area contributed by atoms with Crippen LogP contribution >= 0.6 is 0 Å². The van der Waals surface area contributed by atoms with Crippen molar-refractivity contribution in [2.75, 3.05) is 6.61 Å². The zero-order chi connectivity index (χ0) is 24.2. The maximum absolute atomic E-state index is 13.2. The van der Waals surface area contributed by atoms with Gasteiger partial charge >= 0.3 is 0 Å². The van der Waals surface area contributed by atoms with E-state index in [1.165, 1.54) is 4.90 Å². The number of aliphatic hydroxyl groups is 1. The van der Waals surface area contributed by atoms with E-state index in [-0.39, 0.29) is 17.9 Å². The lowest BCUT2D eigenvalue weighted by molar-refractivity contribution is -0.140. The number of Topliss-reactive ketones (excluding diaryl/α,β-unsaturated/α-hetero) is 1. The monoisotopic (exact) mass is 456 g/mol. The molecular formula is C28H28N2O4. The third-order valence-electron chi connectivity index (χ3n) is 5.72. The highest BCUT2D eigenvalue weighted by Crippen LogP contribution is 2.40. The Morgan fingerprint density at radius 2 is 1.76 bits per heavy atom. The van der Waals surface area contributed by atoms with Crippen LogP contribution in [-0.2, 0) is 16.1 Å². The molecule has 0 radical (unpaired) electrons. The predicted molar refractivity (Wildman–Crippen MR) is 130 cm³/mol. The van der Waals surface area contributed by atoms with Crippen molar-refractivity contribution in [3.8, 4) is 5.75 Å². The molecular weight excluding hydrogens is 428 g/mol. The van der Waals surface area contributed by atoms with Crippen LogP contribution < -0.4 is 4.74 Å². The van der Waals surface area contributed by atoms with Crippen LogP contribution in [0.4, 0.5) is 0 Å². The van der Waals surface area contributed by atoms with Crippen LogP contribution in [0.5, 0.6) is 5.75 Å². The largest absolute Gasteiger partial charge is 0.507 e. The highest BCUT2D eigenvalue weighted by Gasteiger charge is 2.46. The van der Waals surface area contributed by atoms with E-state index in [0.717, 1.165) is 16.7 Å². The first-order valence-corrected chi connectivity index (χ1v) is 11.3. The van der Waals surface area contributed by atoms with Crippen LogP contribution in [0.1, 0.15) is 42.1 Å². The average Bonchev–Trinajstić information content (AvgIpc) is 3.08. The Bertz CT molecular complexity index is 1200. The van der Waals surface area contributed by atoms with E-state index in [0.29, 0.717) is 23.8 Å². The van der Waals surface area contributed by atoms with Gasteiger partial charge in [-0.1, -0.05) is 49.7 Å². The van der Waals surface area contributed by atoms with E-state index in [4.69, 9.17) is 4.74 Å². The Kier molecular flexibility index (Phi) is 6.77. The van der Waals surface area contributed by atoms with Crippen molar-refractivity contribution in [3.05, 3.63) is 101 Å². The molecule has 0 saturated carbocycles. The molecule has 2 aromatic carbocycles. The minimum Gasteiger partial charge on any atom is -0.507 e. The van der Waals surface area contributed by atoms with Crippen LogP contribution in [-0.4, -0.2) is 33.3 Å². The number of hydrogen-bond acceptors (Lipinski definition) is 5. The first kappa shape index (κ1) is 23.2. The maximum Gasteiger partial charge on any atom is 0.295 e. The number of benzene rings is 2. The van der Waals surface area contributed by atoms with Crippen molar-refractivity contribution in [3.63, 3.8) is 0 Å². The van der Waals surface area contributed by atoms with Gasteiger partial charge in [0, 0.05) is 24.5 Å². The first-order valence-electron chi connectivity index (χ1n) is 11.3. The fourth-order valence-corrected chi connectivity index (χ4v) is 3.95. The van der Waals surface area contributed by atoms with Gasteiger partial charge in [0.25, 0.3) is 11.7 Å². The molecule has 1 aliphatic heterocycles. The van der Waals surface area contributed by atoms with E-state index in [1.807, 2.05) is 37.3 Å². The minimum absolute atomic E-state index is 0.0774. The molecule has 0 bridgehead atoms. The zero-order valence-electron chi connectivity index (χ0n) is 19.6. The topological polar surface area (TPSA) is 79.7 Å². The molecule has 0 aliphatic carbocycles. The lowest BCUT2D eigenvalue weighted by Crippen LogP contribution is -2.29. The third kappa shape index (κ3) is 4.86. The normalized spacial score (nSPS) is 17.4. The highest BCUT2D eigenvalue weighted by atomic mass is 16.5. The van der Waals surface area contributed by atoms with Crippen molar-refractivity contribution < 1.29 is 19.4 Å². The number of nitrogens with zero attached hydrogens (tertiary/aromatic N) is 2. The Labute approximate surface area is 199 Å². The van der Waals surface area contributed by atoms with Crippen molar-refractivity contribution in [1.29, 1.82) is 0 Å². The SMILES string of the molecule is Cc1ccc([C@H]2/C(=C(\O)c3ccc(OCC(C)C)cc3)C(=O)C(=O)N2Cc2cccnc2)cc1. The van der Waals surface area contributed by atoms with E-state index < -0.39 is 17.7 Å². The van der Waals surface area contributed by atoms with E-state index in [2.05, 4.69) is 18.8 Å². The molecule has 1 aliphatic rings. The standard InChI is InChI=1S/C28H28N2O4/c1-18(2)17-34-23-12-10-22(11-13-23)26(31)24-25(21-8-6-19(3)7-9-21)30(28(33)27(24)32)16-20-5-4-14-29-15-20/h4-15,18,25,31H,16-17H2,1-3H3/b26-24+/t25-/m0/s1. The molecule has 6 heteroatoms. The number of amides is 1. The smallest absolute Gasteiger partial charge is 0.295 e. The van der Waals surface area contributed by atoms with Crippen LogP contribution in [0.2, 0.25) is 0 Å². The summed E-state index contributed by atoms with van der Waals surface area (Å²) in [5.41, 5.74) is 3.15. The molecule has 0 spiro atoms. The summed E-state index contributed by atoms with van der Waals surface area (Å²) in [5, 5.41) is 11.2. The summed E-state index contributed by atoms with van der Waals surface area (Å²) in [6.07, 6.45) is 3.32.